The number of H-pyrrole nitrogens is 1. The monoisotopic (exact) mass is 587 g/mol. The third-order valence-corrected chi connectivity index (χ3v) is 7.65. The Labute approximate surface area is 254 Å². The van der Waals surface area contributed by atoms with Crippen molar-refractivity contribution in [1.82, 2.24) is 34.5 Å². The Morgan fingerprint density at radius 2 is 1.57 bits per heavy atom. The van der Waals surface area contributed by atoms with Gasteiger partial charge in [0.05, 0.1) is 12.2 Å². The largest absolute Gasteiger partial charge is 0.439 e. The Hall–Kier alpha value is -5.38. The summed E-state index contributed by atoms with van der Waals surface area (Å²) < 4.78 is 8.33. The maximum Gasteiger partial charge on any atom is 0.439 e. The van der Waals surface area contributed by atoms with Crippen LogP contribution in [0.4, 0.5) is 0 Å². The summed E-state index contributed by atoms with van der Waals surface area (Å²) in [5.41, 5.74) is 5.75. The van der Waals surface area contributed by atoms with Crippen molar-refractivity contribution in [2.75, 3.05) is 0 Å². The van der Waals surface area contributed by atoms with Crippen LogP contribution in [0.15, 0.2) is 93.0 Å². The highest BCUT2D eigenvalue weighted by molar-refractivity contribution is 5.80. The molecule has 6 aromatic rings. The summed E-state index contributed by atoms with van der Waals surface area (Å²) in [6.07, 6.45) is 2.97. The minimum absolute atomic E-state index is 0.0618. The van der Waals surface area contributed by atoms with Crippen LogP contribution in [0, 0.1) is 13.8 Å². The van der Waals surface area contributed by atoms with Crippen molar-refractivity contribution in [2.45, 2.75) is 53.0 Å². The molecule has 1 N–H and O–H groups in total. The second kappa shape index (κ2) is 12.5. The fourth-order valence-electron chi connectivity index (χ4n) is 5.42. The zero-order chi connectivity index (χ0) is 30.6. The van der Waals surface area contributed by atoms with Crippen molar-refractivity contribution in [2.24, 2.45) is 0 Å². The smallest absolute Gasteiger partial charge is 0.296 e. The first kappa shape index (κ1) is 28.7. The van der Waals surface area contributed by atoms with Gasteiger partial charge in [0.2, 0.25) is 0 Å². The third kappa shape index (κ3) is 5.92. The van der Waals surface area contributed by atoms with E-state index in [1.807, 2.05) is 92.7 Å². The van der Waals surface area contributed by atoms with Crippen LogP contribution >= 0.6 is 0 Å². The van der Waals surface area contributed by atoms with Gasteiger partial charge in [-0.15, -0.1) is 0 Å². The van der Waals surface area contributed by atoms with E-state index >= 15 is 0 Å². The zero-order valence-electron chi connectivity index (χ0n) is 24.9. The first-order valence-electron chi connectivity index (χ1n) is 14.7. The van der Waals surface area contributed by atoms with E-state index in [1.54, 1.807) is 9.25 Å². The summed E-state index contributed by atoms with van der Waals surface area (Å²) >= 11 is 0. The average molecular weight is 588 g/mol. The number of hydrogen-bond acceptors (Lipinski definition) is 7. The molecule has 0 saturated carbocycles. The molecule has 44 heavy (non-hydrogen) atoms. The molecule has 0 aliphatic carbocycles. The van der Waals surface area contributed by atoms with E-state index in [-0.39, 0.29) is 5.56 Å². The summed E-state index contributed by atoms with van der Waals surface area (Å²) in [7, 11) is 0. The molecule has 0 amide bonds. The van der Waals surface area contributed by atoms with Crippen LogP contribution in [0.2, 0.25) is 0 Å². The molecule has 6 rings (SSSR count). The van der Waals surface area contributed by atoms with Crippen LogP contribution in [-0.4, -0.2) is 34.5 Å². The van der Waals surface area contributed by atoms with Gasteiger partial charge in [0.15, 0.2) is 5.82 Å². The van der Waals surface area contributed by atoms with E-state index in [0.29, 0.717) is 42.4 Å². The van der Waals surface area contributed by atoms with Crippen LogP contribution in [0.1, 0.15) is 54.1 Å². The predicted molar refractivity (Wildman–Crippen MR) is 168 cm³/mol. The molecular weight excluding hydrogens is 554 g/mol. The number of unbranched alkanes of at least 4 members (excludes halogenated alkanes) is 1. The Bertz CT molecular complexity index is 2020. The zero-order valence-corrected chi connectivity index (χ0v) is 24.9. The van der Waals surface area contributed by atoms with E-state index in [1.165, 1.54) is 0 Å². The number of aryl methyl sites for hydroxylation is 3. The highest BCUT2D eigenvalue weighted by Crippen LogP contribution is 2.30. The molecule has 0 atom stereocenters. The summed E-state index contributed by atoms with van der Waals surface area (Å²) in [4.78, 5) is 37.9. The number of para-hydroxylation sites is 1. The topological polar surface area (TPSA) is 124 Å². The third-order valence-electron chi connectivity index (χ3n) is 7.65. The summed E-state index contributed by atoms with van der Waals surface area (Å²) in [6.45, 7) is 6.28. The number of nitrogens with zero attached hydrogens (tertiary/aromatic N) is 6. The fourth-order valence-corrected chi connectivity index (χ4v) is 5.42. The van der Waals surface area contributed by atoms with Gasteiger partial charge in [-0.05, 0) is 49.1 Å². The molecule has 0 radical (unpaired) electrons. The van der Waals surface area contributed by atoms with Gasteiger partial charge in [-0.2, -0.15) is 5.10 Å². The summed E-state index contributed by atoms with van der Waals surface area (Å²) in [6, 6.07) is 25.5. The van der Waals surface area contributed by atoms with E-state index in [0.717, 1.165) is 52.3 Å². The minimum atomic E-state index is -0.601. The second-order valence-corrected chi connectivity index (χ2v) is 10.8. The van der Waals surface area contributed by atoms with Gasteiger partial charge in [-0.1, -0.05) is 85.2 Å². The van der Waals surface area contributed by atoms with Crippen LogP contribution in [0.5, 0.6) is 0 Å². The molecule has 0 fully saturated rings. The predicted octanol–water partition coefficient (Wildman–Crippen LogP) is 5.43. The van der Waals surface area contributed by atoms with Gasteiger partial charge in [0, 0.05) is 29.7 Å². The lowest BCUT2D eigenvalue weighted by Crippen LogP contribution is -2.30. The quantitative estimate of drug-likeness (QED) is 0.227. The van der Waals surface area contributed by atoms with Crippen LogP contribution < -0.4 is 11.3 Å². The van der Waals surface area contributed by atoms with E-state index in [2.05, 4.69) is 27.1 Å². The Morgan fingerprint density at radius 3 is 2.27 bits per heavy atom. The summed E-state index contributed by atoms with van der Waals surface area (Å²) in [5.74, 6) is 1.89. The maximum absolute atomic E-state index is 14.1. The first-order valence-corrected chi connectivity index (χ1v) is 14.7. The average Bonchev–Trinajstić information content (AvgIpc) is 3.65. The molecule has 0 aliphatic rings. The van der Waals surface area contributed by atoms with Crippen LogP contribution in [-0.2, 0) is 19.4 Å². The molecule has 0 spiro atoms. The molecule has 3 aromatic carbocycles. The number of hydrogen-bond donors (Lipinski definition) is 1. The van der Waals surface area contributed by atoms with Gasteiger partial charge in [-0.25, -0.2) is 19.4 Å². The Balaban J connectivity index is 1.34. The molecule has 0 aliphatic heterocycles. The number of benzene rings is 3. The number of aromatic amines is 1. The van der Waals surface area contributed by atoms with Gasteiger partial charge >= 0.3 is 5.76 Å². The fraction of sp³-hybridized carbons (Fsp3) is 0.235. The van der Waals surface area contributed by atoms with Crippen molar-refractivity contribution in [1.29, 1.82) is 0 Å². The van der Waals surface area contributed by atoms with Gasteiger partial charge < -0.3 is 0 Å². The second-order valence-electron chi connectivity index (χ2n) is 10.8. The lowest BCUT2D eigenvalue weighted by atomic mass is 9.98. The normalized spacial score (nSPS) is 11.2. The molecule has 0 saturated heterocycles. The highest BCUT2D eigenvalue weighted by atomic mass is 16.5. The number of nitrogens with one attached hydrogen (secondary N) is 1. The Kier molecular flexibility index (Phi) is 8.14. The molecule has 10 nitrogen and oxygen atoms in total. The molecular formula is C34H33N7O3. The molecule has 0 bridgehead atoms. The van der Waals surface area contributed by atoms with E-state index < -0.39 is 5.76 Å². The number of aromatic nitrogens is 7. The van der Waals surface area contributed by atoms with Crippen LogP contribution in [0.25, 0.3) is 28.2 Å². The standard InChI is InChI=1S/C34H33N7O3/c1-4-5-15-30-35-22(2)29(20-31-36-23(3)38-41(31)26-11-7-6-8-12-26)33(42)40(30)21-24-16-18-25(19-17-24)27-13-9-10-14-28(27)32-37-34(43)44-39-32/h6-14,16-19H,4-5,15,20-21H2,1-3H3,(H,37,39,43). The van der Waals surface area contributed by atoms with Crippen molar-refractivity contribution in [3.8, 4) is 28.2 Å². The SMILES string of the molecule is CCCCc1nc(C)c(Cc2nc(C)nn2-c2ccccc2)c(=O)n1Cc1ccc(-c2ccccc2-c2noc(=O)[nH]2)cc1. The van der Waals surface area contributed by atoms with E-state index in [9.17, 15) is 9.59 Å². The van der Waals surface area contributed by atoms with Crippen molar-refractivity contribution in [3.63, 3.8) is 0 Å². The number of rotatable bonds is 10. The Morgan fingerprint density at radius 1 is 0.841 bits per heavy atom. The summed E-state index contributed by atoms with van der Waals surface area (Å²) in [5, 5.41) is 8.45. The molecule has 0 unspecified atom stereocenters. The van der Waals surface area contributed by atoms with Crippen LogP contribution in [0.3, 0.4) is 0 Å². The molecule has 3 heterocycles. The van der Waals surface area contributed by atoms with Gasteiger partial charge in [0.1, 0.15) is 17.5 Å². The minimum Gasteiger partial charge on any atom is -0.296 e. The lowest BCUT2D eigenvalue weighted by Gasteiger charge is -2.16. The van der Waals surface area contributed by atoms with Crippen molar-refractivity contribution >= 4 is 0 Å². The molecule has 10 heteroatoms. The van der Waals surface area contributed by atoms with Crippen molar-refractivity contribution in [3.05, 3.63) is 134 Å². The van der Waals surface area contributed by atoms with Gasteiger partial charge in [0.25, 0.3) is 5.56 Å². The molecule has 222 valence electrons. The van der Waals surface area contributed by atoms with Gasteiger partial charge in [-0.3, -0.25) is 18.9 Å². The van der Waals surface area contributed by atoms with E-state index in [4.69, 9.17) is 9.51 Å². The van der Waals surface area contributed by atoms with Crippen molar-refractivity contribution < 1.29 is 4.52 Å². The molecule has 3 aromatic heterocycles. The first-order chi connectivity index (χ1) is 21.4. The maximum atomic E-state index is 14.1. The lowest BCUT2D eigenvalue weighted by molar-refractivity contribution is 0.388. The highest BCUT2D eigenvalue weighted by Gasteiger charge is 2.19.